The predicted molar refractivity (Wildman–Crippen MR) is 108 cm³/mol. The van der Waals surface area contributed by atoms with E-state index in [1.807, 2.05) is 23.8 Å². The molecule has 2 N–H and O–H groups in total. The van der Waals surface area contributed by atoms with Crippen molar-refractivity contribution in [2.75, 3.05) is 13.1 Å². The number of carboxylic acid groups (broad SMARTS) is 1. The summed E-state index contributed by atoms with van der Waals surface area (Å²) in [6, 6.07) is 10.6. The molecule has 1 amide bonds. The minimum Gasteiger partial charge on any atom is -0.478 e. The molecule has 0 unspecified atom stereocenters. The Bertz CT molecular complexity index is 821. The number of nitrogens with one attached hydrogen (secondary N) is 1. The molecule has 1 fully saturated rings. The maximum Gasteiger partial charge on any atom is 0.337 e. The van der Waals surface area contributed by atoms with E-state index in [-0.39, 0.29) is 23.9 Å². The molecule has 1 aliphatic rings. The molecule has 3 rings (SSSR count). The first-order chi connectivity index (χ1) is 13.5. The van der Waals surface area contributed by atoms with Gasteiger partial charge in [0, 0.05) is 44.1 Å². The van der Waals surface area contributed by atoms with Crippen LogP contribution in [-0.2, 0) is 24.3 Å². The number of aromatic nitrogens is 1. The third-order valence-electron chi connectivity index (χ3n) is 5.46. The molecule has 2 heterocycles. The van der Waals surface area contributed by atoms with Crippen molar-refractivity contribution in [1.82, 2.24) is 14.8 Å². The van der Waals surface area contributed by atoms with E-state index in [0.717, 1.165) is 32.5 Å². The smallest absolute Gasteiger partial charge is 0.337 e. The lowest BCUT2D eigenvalue weighted by Crippen LogP contribution is -2.45. The van der Waals surface area contributed by atoms with Gasteiger partial charge in [0.05, 0.1) is 12.0 Å². The van der Waals surface area contributed by atoms with E-state index in [0.29, 0.717) is 17.8 Å². The SMILES string of the molecule is CCn1cc(C)c(C(=O)O)c1CC(=O)NC1CCN(Cc2ccccc2)CC1. The van der Waals surface area contributed by atoms with Gasteiger partial charge in [-0.3, -0.25) is 9.69 Å². The quantitative estimate of drug-likeness (QED) is 0.771. The predicted octanol–water partition coefficient (Wildman–Crippen LogP) is 2.84. The highest BCUT2D eigenvalue weighted by molar-refractivity contribution is 5.93. The first-order valence-corrected chi connectivity index (χ1v) is 9.95. The van der Waals surface area contributed by atoms with E-state index < -0.39 is 5.97 Å². The highest BCUT2D eigenvalue weighted by atomic mass is 16.4. The van der Waals surface area contributed by atoms with Crippen LogP contribution >= 0.6 is 0 Å². The number of carbonyl (C=O) groups is 2. The molecule has 1 aromatic heterocycles. The molecule has 6 heteroatoms. The number of hydrogen-bond acceptors (Lipinski definition) is 3. The van der Waals surface area contributed by atoms with E-state index in [2.05, 4.69) is 34.5 Å². The normalized spacial score (nSPS) is 15.5. The van der Waals surface area contributed by atoms with Crippen LogP contribution < -0.4 is 5.32 Å². The van der Waals surface area contributed by atoms with Gasteiger partial charge in [-0.15, -0.1) is 0 Å². The summed E-state index contributed by atoms with van der Waals surface area (Å²) in [5, 5.41) is 12.6. The fourth-order valence-corrected chi connectivity index (χ4v) is 4.02. The highest BCUT2D eigenvalue weighted by Gasteiger charge is 2.24. The molecule has 1 saturated heterocycles. The lowest BCUT2D eigenvalue weighted by molar-refractivity contribution is -0.121. The first kappa shape index (κ1) is 20.1. The fraction of sp³-hybridized carbons (Fsp3) is 0.455. The molecule has 6 nitrogen and oxygen atoms in total. The van der Waals surface area contributed by atoms with Crippen molar-refractivity contribution >= 4 is 11.9 Å². The highest BCUT2D eigenvalue weighted by Crippen LogP contribution is 2.19. The number of rotatable bonds is 7. The van der Waals surface area contributed by atoms with Crippen LogP contribution in [0.4, 0.5) is 0 Å². The fourth-order valence-electron chi connectivity index (χ4n) is 4.02. The summed E-state index contributed by atoms with van der Waals surface area (Å²) >= 11 is 0. The molecule has 0 spiro atoms. The molecular formula is C22H29N3O3. The first-order valence-electron chi connectivity index (χ1n) is 9.95. The van der Waals surface area contributed by atoms with Crippen LogP contribution in [0.15, 0.2) is 36.5 Å². The van der Waals surface area contributed by atoms with E-state index in [1.165, 1.54) is 5.56 Å². The van der Waals surface area contributed by atoms with E-state index in [9.17, 15) is 14.7 Å². The van der Waals surface area contributed by atoms with Crippen molar-refractivity contribution in [1.29, 1.82) is 0 Å². The number of nitrogens with zero attached hydrogens (tertiary/aromatic N) is 2. The number of aromatic carboxylic acids is 1. The Morgan fingerprint density at radius 3 is 2.46 bits per heavy atom. The summed E-state index contributed by atoms with van der Waals surface area (Å²) < 4.78 is 1.86. The zero-order valence-electron chi connectivity index (χ0n) is 16.6. The lowest BCUT2D eigenvalue weighted by Gasteiger charge is -2.32. The molecule has 0 saturated carbocycles. The molecule has 1 aliphatic heterocycles. The average Bonchev–Trinajstić information content (AvgIpc) is 2.99. The molecule has 2 aromatic rings. The second-order valence-electron chi connectivity index (χ2n) is 7.51. The van der Waals surface area contributed by atoms with Crippen molar-refractivity contribution in [2.45, 2.75) is 52.2 Å². The molecule has 0 atom stereocenters. The van der Waals surface area contributed by atoms with Gasteiger partial charge < -0.3 is 15.0 Å². The molecule has 150 valence electrons. The van der Waals surface area contributed by atoms with Gasteiger partial charge in [0.1, 0.15) is 0 Å². The standard InChI is InChI=1S/C22H29N3O3/c1-3-25-14-16(2)21(22(27)28)19(25)13-20(26)23-18-9-11-24(12-10-18)15-17-7-5-4-6-8-17/h4-8,14,18H,3,9-13,15H2,1-2H3,(H,23,26)(H,27,28). The maximum atomic E-state index is 12.6. The number of carboxylic acids is 1. The summed E-state index contributed by atoms with van der Waals surface area (Å²) in [7, 11) is 0. The van der Waals surface area contributed by atoms with Gasteiger partial charge in [-0.25, -0.2) is 4.79 Å². The molecular weight excluding hydrogens is 354 g/mol. The monoisotopic (exact) mass is 383 g/mol. The largest absolute Gasteiger partial charge is 0.478 e. The van der Waals surface area contributed by atoms with E-state index >= 15 is 0 Å². The number of benzene rings is 1. The Morgan fingerprint density at radius 2 is 1.86 bits per heavy atom. The van der Waals surface area contributed by atoms with Gasteiger partial charge in [0.25, 0.3) is 0 Å². The summed E-state index contributed by atoms with van der Waals surface area (Å²) in [5.41, 5.74) is 2.86. The zero-order chi connectivity index (χ0) is 20.1. The van der Waals surface area contributed by atoms with Gasteiger partial charge in [0.2, 0.25) is 5.91 Å². The Balaban J connectivity index is 1.53. The van der Waals surface area contributed by atoms with Crippen molar-refractivity contribution in [3.05, 3.63) is 58.9 Å². The number of piperidine rings is 1. The molecule has 1 aromatic carbocycles. The number of amides is 1. The average molecular weight is 383 g/mol. The topological polar surface area (TPSA) is 74.6 Å². The van der Waals surface area contributed by atoms with Crippen LogP contribution in [0, 0.1) is 6.92 Å². The van der Waals surface area contributed by atoms with Crippen LogP contribution in [0.2, 0.25) is 0 Å². The second-order valence-corrected chi connectivity index (χ2v) is 7.51. The Hall–Kier alpha value is -2.60. The number of likely N-dealkylation sites (tertiary alicyclic amines) is 1. The summed E-state index contributed by atoms with van der Waals surface area (Å²) in [5.74, 6) is -1.07. The molecule has 28 heavy (non-hydrogen) atoms. The molecule has 0 radical (unpaired) electrons. The third kappa shape index (κ3) is 4.81. The van der Waals surface area contributed by atoms with E-state index in [4.69, 9.17) is 0 Å². The van der Waals surface area contributed by atoms with Crippen molar-refractivity contribution in [2.24, 2.45) is 0 Å². The minimum absolute atomic E-state index is 0.100. The van der Waals surface area contributed by atoms with Gasteiger partial charge in [-0.2, -0.15) is 0 Å². The Morgan fingerprint density at radius 1 is 1.18 bits per heavy atom. The van der Waals surface area contributed by atoms with E-state index in [1.54, 1.807) is 6.92 Å². The molecule has 0 aliphatic carbocycles. The van der Waals surface area contributed by atoms with Crippen molar-refractivity contribution < 1.29 is 14.7 Å². The number of aryl methyl sites for hydroxylation is 2. The van der Waals surface area contributed by atoms with Gasteiger partial charge in [-0.05, 0) is 37.8 Å². The van der Waals surface area contributed by atoms with Crippen LogP contribution in [0.25, 0.3) is 0 Å². The summed E-state index contributed by atoms with van der Waals surface area (Å²) in [6.07, 6.45) is 3.75. The maximum absolute atomic E-state index is 12.6. The Kier molecular flexibility index (Phi) is 6.52. The van der Waals surface area contributed by atoms with Gasteiger partial charge in [-0.1, -0.05) is 30.3 Å². The van der Waals surface area contributed by atoms with Crippen LogP contribution in [0.5, 0.6) is 0 Å². The van der Waals surface area contributed by atoms with Crippen LogP contribution in [0.1, 0.15) is 46.9 Å². The number of carbonyl (C=O) groups excluding carboxylic acids is 1. The number of hydrogen-bond donors (Lipinski definition) is 2. The summed E-state index contributed by atoms with van der Waals surface area (Å²) in [4.78, 5) is 26.6. The van der Waals surface area contributed by atoms with Crippen LogP contribution in [0.3, 0.4) is 0 Å². The summed E-state index contributed by atoms with van der Waals surface area (Å²) in [6.45, 7) is 7.21. The third-order valence-corrected chi connectivity index (χ3v) is 5.46. The van der Waals surface area contributed by atoms with Crippen molar-refractivity contribution in [3.63, 3.8) is 0 Å². The zero-order valence-corrected chi connectivity index (χ0v) is 16.6. The second kappa shape index (κ2) is 9.06. The lowest BCUT2D eigenvalue weighted by atomic mass is 10.0. The van der Waals surface area contributed by atoms with Gasteiger partial charge in [0.15, 0.2) is 0 Å². The van der Waals surface area contributed by atoms with Crippen molar-refractivity contribution in [3.8, 4) is 0 Å². The Labute approximate surface area is 166 Å². The minimum atomic E-state index is -0.971. The molecule has 0 bridgehead atoms. The van der Waals surface area contributed by atoms with Crippen LogP contribution in [-0.4, -0.2) is 45.6 Å². The van der Waals surface area contributed by atoms with Gasteiger partial charge >= 0.3 is 5.97 Å².